The van der Waals surface area contributed by atoms with Crippen LogP contribution in [0.15, 0.2) is 18.3 Å². The van der Waals surface area contributed by atoms with Crippen molar-refractivity contribution < 1.29 is 0 Å². The van der Waals surface area contributed by atoms with Gasteiger partial charge in [-0.15, -0.1) is 11.3 Å². The van der Waals surface area contributed by atoms with Crippen molar-refractivity contribution in [2.24, 2.45) is 5.92 Å². The number of aromatic nitrogens is 2. The third-order valence-electron chi connectivity index (χ3n) is 3.36. The van der Waals surface area contributed by atoms with Crippen molar-refractivity contribution in [3.8, 4) is 10.7 Å². The van der Waals surface area contributed by atoms with Gasteiger partial charge in [0.2, 0.25) is 0 Å². The lowest BCUT2D eigenvalue weighted by molar-refractivity contribution is 0.583. The summed E-state index contributed by atoms with van der Waals surface area (Å²) >= 11 is 1.83. The van der Waals surface area contributed by atoms with Gasteiger partial charge in [0.15, 0.2) is 0 Å². The first-order chi connectivity index (χ1) is 8.33. The Morgan fingerprint density at radius 3 is 3.18 bits per heavy atom. The van der Waals surface area contributed by atoms with Gasteiger partial charge in [-0.1, -0.05) is 0 Å². The van der Waals surface area contributed by atoms with Gasteiger partial charge in [-0.3, -0.25) is 0 Å². The van der Waals surface area contributed by atoms with Crippen LogP contribution in [0, 0.1) is 12.8 Å². The number of rotatable bonds is 3. The van der Waals surface area contributed by atoms with Crippen LogP contribution < -0.4 is 5.32 Å². The molecule has 3 nitrogen and oxygen atoms in total. The molecule has 1 aliphatic rings. The van der Waals surface area contributed by atoms with E-state index in [4.69, 9.17) is 0 Å². The number of hydrogen-bond acceptors (Lipinski definition) is 3. The maximum absolute atomic E-state index is 4.66. The summed E-state index contributed by atoms with van der Waals surface area (Å²) in [6, 6.07) is 4.10. The molecule has 0 radical (unpaired) electrons. The van der Waals surface area contributed by atoms with Crippen molar-refractivity contribution in [2.75, 3.05) is 13.1 Å². The van der Waals surface area contributed by atoms with Crippen molar-refractivity contribution in [3.63, 3.8) is 0 Å². The fraction of sp³-hybridized carbons (Fsp3) is 0.462. The number of thiazole rings is 1. The minimum absolute atomic E-state index is 0.797. The average Bonchev–Trinajstić information content (AvgIpc) is 3.02. The Morgan fingerprint density at radius 2 is 2.47 bits per heavy atom. The highest BCUT2D eigenvalue weighted by Gasteiger charge is 2.18. The summed E-state index contributed by atoms with van der Waals surface area (Å²) in [6.07, 6.45) is 4.43. The van der Waals surface area contributed by atoms with Crippen LogP contribution in [0.2, 0.25) is 0 Å². The third-order valence-corrected chi connectivity index (χ3v) is 4.57. The maximum Gasteiger partial charge on any atom is 0.140 e. The molecule has 4 heteroatoms. The van der Waals surface area contributed by atoms with Gasteiger partial charge in [-0.25, -0.2) is 4.98 Å². The molecule has 0 aliphatic carbocycles. The van der Waals surface area contributed by atoms with E-state index >= 15 is 0 Å². The summed E-state index contributed by atoms with van der Waals surface area (Å²) in [5.41, 5.74) is 2.33. The van der Waals surface area contributed by atoms with E-state index in [9.17, 15) is 0 Å². The number of nitrogens with zero attached hydrogens (tertiary/aromatic N) is 1. The SMILES string of the molecule is Cc1nc(-c2ccc[nH]2)sc1CC1CCNC1. The van der Waals surface area contributed by atoms with Gasteiger partial charge in [-0.2, -0.15) is 0 Å². The molecule has 0 bridgehead atoms. The summed E-state index contributed by atoms with van der Waals surface area (Å²) in [4.78, 5) is 9.33. The van der Waals surface area contributed by atoms with E-state index in [1.54, 1.807) is 0 Å². The van der Waals surface area contributed by atoms with Crippen LogP contribution in [0.3, 0.4) is 0 Å². The van der Waals surface area contributed by atoms with E-state index in [2.05, 4.69) is 28.3 Å². The molecule has 17 heavy (non-hydrogen) atoms. The molecule has 3 rings (SSSR count). The van der Waals surface area contributed by atoms with Gasteiger partial charge in [0.05, 0.1) is 11.4 Å². The van der Waals surface area contributed by atoms with Gasteiger partial charge in [0.1, 0.15) is 5.01 Å². The molecular weight excluding hydrogens is 230 g/mol. The Kier molecular flexibility index (Phi) is 2.99. The van der Waals surface area contributed by atoms with E-state index in [1.807, 2.05) is 23.6 Å². The standard InChI is InChI=1S/C13H17N3S/c1-9-12(7-10-4-6-14-8-10)17-13(16-9)11-3-2-5-15-11/h2-3,5,10,14-15H,4,6-8H2,1H3. The molecule has 0 amide bonds. The summed E-state index contributed by atoms with van der Waals surface area (Å²) in [7, 11) is 0. The molecule has 2 aromatic heterocycles. The summed E-state index contributed by atoms with van der Waals surface area (Å²) in [5, 5.41) is 4.54. The predicted octanol–water partition coefficient (Wildman–Crippen LogP) is 2.60. The van der Waals surface area contributed by atoms with Gasteiger partial charge in [0.25, 0.3) is 0 Å². The lowest BCUT2D eigenvalue weighted by atomic mass is 10.0. The Balaban J connectivity index is 1.80. The van der Waals surface area contributed by atoms with Gasteiger partial charge in [0, 0.05) is 11.1 Å². The molecule has 1 unspecified atom stereocenters. The molecule has 1 atom stereocenters. The van der Waals surface area contributed by atoms with Crippen LogP contribution in [-0.4, -0.2) is 23.1 Å². The second kappa shape index (κ2) is 4.63. The van der Waals surface area contributed by atoms with Crippen molar-refractivity contribution in [2.45, 2.75) is 19.8 Å². The third kappa shape index (κ3) is 2.28. The van der Waals surface area contributed by atoms with Crippen LogP contribution in [0.1, 0.15) is 17.0 Å². The second-order valence-corrected chi connectivity index (χ2v) is 5.76. The monoisotopic (exact) mass is 247 g/mol. The van der Waals surface area contributed by atoms with Crippen LogP contribution in [0.4, 0.5) is 0 Å². The molecule has 0 saturated carbocycles. The van der Waals surface area contributed by atoms with E-state index in [0.717, 1.165) is 23.2 Å². The lowest BCUT2D eigenvalue weighted by Gasteiger charge is -2.05. The number of nitrogens with one attached hydrogen (secondary N) is 2. The van der Waals surface area contributed by atoms with Crippen LogP contribution in [0.5, 0.6) is 0 Å². The Hall–Kier alpha value is -1.13. The van der Waals surface area contributed by atoms with Gasteiger partial charge < -0.3 is 10.3 Å². The fourth-order valence-electron chi connectivity index (χ4n) is 2.35. The molecule has 2 aromatic rings. The molecule has 1 fully saturated rings. The van der Waals surface area contributed by atoms with Gasteiger partial charge in [-0.05, 0) is 50.9 Å². The number of H-pyrrole nitrogens is 1. The largest absolute Gasteiger partial charge is 0.359 e. The number of aryl methyl sites for hydroxylation is 1. The molecule has 1 saturated heterocycles. The Bertz CT molecular complexity index is 481. The summed E-state index contributed by atoms with van der Waals surface area (Å²) in [5.74, 6) is 0.797. The highest BCUT2D eigenvalue weighted by molar-refractivity contribution is 7.15. The van der Waals surface area contributed by atoms with E-state index in [1.165, 1.54) is 30.0 Å². The first kappa shape index (κ1) is 11.0. The maximum atomic E-state index is 4.66. The minimum atomic E-state index is 0.797. The van der Waals surface area contributed by atoms with E-state index in [0.29, 0.717) is 0 Å². The fourth-order valence-corrected chi connectivity index (χ4v) is 3.51. The predicted molar refractivity (Wildman–Crippen MR) is 71.3 cm³/mol. The van der Waals surface area contributed by atoms with Crippen LogP contribution >= 0.6 is 11.3 Å². The molecular formula is C13H17N3S. The first-order valence-corrected chi connectivity index (χ1v) is 6.95. The zero-order valence-corrected chi connectivity index (χ0v) is 10.8. The number of aromatic amines is 1. The smallest absolute Gasteiger partial charge is 0.140 e. The zero-order valence-electron chi connectivity index (χ0n) is 9.99. The first-order valence-electron chi connectivity index (χ1n) is 6.13. The Morgan fingerprint density at radius 1 is 1.53 bits per heavy atom. The molecule has 1 aliphatic heterocycles. The summed E-state index contributed by atoms with van der Waals surface area (Å²) in [6.45, 7) is 4.46. The van der Waals surface area contributed by atoms with E-state index < -0.39 is 0 Å². The van der Waals surface area contributed by atoms with Gasteiger partial charge >= 0.3 is 0 Å². The molecule has 90 valence electrons. The lowest BCUT2D eigenvalue weighted by Crippen LogP contribution is -2.10. The highest BCUT2D eigenvalue weighted by Crippen LogP contribution is 2.29. The van der Waals surface area contributed by atoms with Crippen molar-refractivity contribution >= 4 is 11.3 Å². The molecule has 2 N–H and O–H groups in total. The number of hydrogen-bond donors (Lipinski definition) is 2. The van der Waals surface area contributed by atoms with E-state index in [-0.39, 0.29) is 0 Å². The quantitative estimate of drug-likeness (QED) is 0.875. The van der Waals surface area contributed by atoms with Crippen molar-refractivity contribution in [1.82, 2.24) is 15.3 Å². The van der Waals surface area contributed by atoms with Crippen LogP contribution in [0.25, 0.3) is 10.7 Å². The topological polar surface area (TPSA) is 40.7 Å². The normalized spacial score (nSPS) is 19.9. The van der Waals surface area contributed by atoms with Crippen molar-refractivity contribution in [3.05, 3.63) is 28.9 Å². The minimum Gasteiger partial charge on any atom is -0.359 e. The summed E-state index contributed by atoms with van der Waals surface area (Å²) < 4.78 is 0. The average molecular weight is 247 g/mol. The second-order valence-electron chi connectivity index (χ2n) is 4.67. The van der Waals surface area contributed by atoms with Crippen LogP contribution in [-0.2, 0) is 6.42 Å². The molecule has 0 spiro atoms. The Labute approximate surface area is 105 Å². The zero-order chi connectivity index (χ0) is 11.7. The molecule has 0 aromatic carbocycles. The highest BCUT2D eigenvalue weighted by atomic mass is 32.1. The van der Waals surface area contributed by atoms with Crippen molar-refractivity contribution in [1.29, 1.82) is 0 Å². The molecule has 3 heterocycles.